The molecule has 2 atom stereocenters. The molecule has 0 radical (unpaired) electrons. The number of nitrogens with one attached hydrogen (secondary N) is 1. The highest BCUT2D eigenvalue weighted by molar-refractivity contribution is 7.92. The zero-order valence-corrected chi connectivity index (χ0v) is 18.8. The predicted molar refractivity (Wildman–Crippen MR) is 117 cm³/mol. The molecule has 0 saturated carbocycles. The third-order valence-corrected chi connectivity index (χ3v) is 6.27. The van der Waals surface area contributed by atoms with Crippen LogP contribution < -0.4 is 19.1 Å². The molecule has 0 aliphatic carbocycles. The van der Waals surface area contributed by atoms with Crippen molar-refractivity contribution in [2.75, 3.05) is 23.7 Å². The number of ether oxygens (including phenoxy) is 2. The van der Waals surface area contributed by atoms with Crippen LogP contribution in [0.4, 0.5) is 5.69 Å². The molecule has 2 aromatic carbocycles. The second-order valence-corrected chi connectivity index (χ2v) is 9.52. The minimum atomic E-state index is -3.82. The smallest absolute Gasteiger partial charge is 0.244 e. The second-order valence-electron chi connectivity index (χ2n) is 6.82. The number of carbonyl (C=O) groups is 1. The molecule has 1 N–H and O–H groups in total. The molecule has 0 saturated heterocycles. The number of carbonyl (C=O) groups excluding carboxylic acids is 1. The molecular formula is C20H22Cl2N2O5S. The zero-order chi connectivity index (χ0) is 21.9. The molecule has 10 heteroatoms. The van der Waals surface area contributed by atoms with Crippen molar-refractivity contribution in [1.82, 2.24) is 5.32 Å². The van der Waals surface area contributed by atoms with Crippen LogP contribution in [0.2, 0.25) is 10.0 Å². The monoisotopic (exact) mass is 472 g/mol. The van der Waals surface area contributed by atoms with Crippen LogP contribution in [-0.2, 0) is 14.8 Å². The van der Waals surface area contributed by atoms with Crippen molar-refractivity contribution in [2.24, 2.45) is 0 Å². The van der Waals surface area contributed by atoms with Gasteiger partial charge in [-0.1, -0.05) is 42.3 Å². The van der Waals surface area contributed by atoms with Crippen molar-refractivity contribution in [3.05, 3.63) is 52.5 Å². The highest BCUT2D eigenvalue weighted by atomic mass is 35.5. The van der Waals surface area contributed by atoms with Gasteiger partial charge >= 0.3 is 0 Å². The predicted octanol–water partition coefficient (Wildman–Crippen LogP) is 3.49. The van der Waals surface area contributed by atoms with Crippen molar-refractivity contribution in [1.29, 1.82) is 0 Å². The Morgan fingerprint density at radius 2 is 1.93 bits per heavy atom. The molecule has 0 aromatic heterocycles. The normalized spacial score (nSPS) is 16.6. The van der Waals surface area contributed by atoms with Crippen molar-refractivity contribution < 1.29 is 22.7 Å². The highest BCUT2D eigenvalue weighted by Gasteiger charge is 2.33. The summed E-state index contributed by atoms with van der Waals surface area (Å²) < 4.78 is 37.6. The molecule has 1 amide bonds. The number of benzene rings is 2. The van der Waals surface area contributed by atoms with Gasteiger partial charge in [0.2, 0.25) is 15.9 Å². The average molecular weight is 473 g/mol. The Balaban J connectivity index is 1.76. The van der Waals surface area contributed by atoms with E-state index in [1.807, 2.05) is 12.1 Å². The van der Waals surface area contributed by atoms with Gasteiger partial charge in [-0.25, -0.2) is 8.42 Å². The van der Waals surface area contributed by atoms with Gasteiger partial charge < -0.3 is 14.8 Å². The molecule has 0 bridgehead atoms. The van der Waals surface area contributed by atoms with E-state index in [1.165, 1.54) is 12.1 Å². The van der Waals surface area contributed by atoms with E-state index in [2.05, 4.69) is 5.32 Å². The topological polar surface area (TPSA) is 84.9 Å². The maximum atomic E-state index is 12.9. The molecule has 0 spiro atoms. The Bertz CT molecular complexity index is 1030. The summed E-state index contributed by atoms with van der Waals surface area (Å²) in [6.45, 7) is 2.14. The number of fused-ring (bicyclic) bond motifs is 1. The Labute approximate surface area is 185 Å². The number of anilines is 1. The van der Waals surface area contributed by atoms with Gasteiger partial charge in [0.05, 0.1) is 23.5 Å². The first kappa shape index (κ1) is 22.5. The van der Waals surface area contributed by atoms with Gasteiger partial charge in [0.1, 0.15) is 18.8 Å². The molecule has 1 heterocycles. The Morgan fingerprint density at radius 1 is 1.23 bits per heavy atom. The van der Waals surface area contributed by atoms with Gasteiger partial charge in [-0.05, 0) is 36.8 Å². The van der Waals surface area contributed by atoms with Crippen molar-refractivity contribution in [3.8, 4) is 11.5 Å². The minimum absolute atomic E-state index is 0.153. The molecule has 162 valence electrons. The standard InChI is InChI=1S/C20H22Cl2N2O5S/c1-3-16(24(30(2,26)27)17-10-13(21)8-9-15(17)22)20(25)23-11-14-12-28-18-6-4-5-7-19(18)29-14/h4-10,14,16H,3,11-12H2,1-2H3,(H,23,25)/t14-,16-/m1/s1. The average Bonchev–Trinajstić information content (AvgIpc) is 2.71. The second kappa shape index (κ2) is 9.32. The number of sulfonamides is 1. The van der Waals surface area contributed by atoms with E-state index in [9.17, 15) is 13.2 Å². The van der Waals surface area contributed by atoms with Gasteiger partial charge in [-0.15, -0.1) is 0 Å². The molecule has 0 unspecified atom stereocenters. The summed E-state index contributed by atoms with van der Waals surface area (Å²) in [6, 6.07) is 10.7. The third-order valence-electron chi connectivity index (χ3n) is 4.55. The highest BCUT2D eigenvalue weighted by Crippen LogP contribution is 2.33. The molecule has 3 rings (SSSR count). The lowest BCUT2D eigenvalue weighted by molar-refractivity contribution is -0.122. The van der Waals surface area contributed by atoms with Gasteiger partial charge in [0, 0.05) is 5.02 Å². The SMILES string of the molecule is CC[C@H](C(=O)NC[C@@H]1COc2ccccc2O1)N(c1cc(Cl)ccc1Cl)S(C)(=O)=O. The van der Waals surface area contributed by atoms with E-state index in [1.54, 1.807) is 25.1 Å². The largest absolute Gasteiger partial charge is 0.486 e. The molecule has 1 aliphatic rings. The number of nitrogens with zero attached hydrogens (tertiary/aromatic N) is 1. The van der Waals surface area contributed by atoms with Gasteiger partial charge in [0.25, 0.3) is 0 Å². The van der Waals surface area contributed by atoms with Crippen LogP contribution in [0.15, 0.2) is 42.5 Å². The number of rotatable bonds is 7. The van der Waals surface area contributed by atoms with Crippen LogP contribution in [0.5, 0.6) is 11.5 Å². The van der Waals surface area contributed by atoms with Crippen LogP contribution in [0.3, 0.4) is 0 Å². The van der Waals surface area contributed by atoms with Crippen LogP contribution in [-0.4, -0.2) is 45.9 Å². The lowest BCUT2D eigenvalue weighted by Gasteiger charge is -2.32. The van der Waals surface area contributed by atoms with Gasteiger partial charge in [0.15, 0.2) is 11.5 Å². The first-order valence-corrected chi connectivity index (χ1v) is 11.9. The van der Waals surface area contributed by atoms with Crippen LogP contribution >= 0.6 is 23.2 Å². The lowest BCUT2D eigenvalue weighted by atomic mass is 10.2. The third kappa shape index (κ3) is 5.11. The van der Waals surface area contributed by atoms with Gasteiger partial charge in [-0.3, -0.25) is 9.10 Å². The van der Waals surface area contributed by atoms with E-state index in [-0.39, 0.29) is 30.3 Å². The Kier molecular flexibility index (Phi) is 7.00. The summed E-state index contributed by atoms with van der Waals surface area (Å²) in [5, 5.41) is 3.25. The fraction of sp³-hybridized carbons (Fsp3) is 0.350. The summed E-state index contributed by atoms with van der Waals surface area (Å²) >= 11 is 12.2. The maximum Gasteiger partial charge on any atom is 0.244 e. The number of hydrogen-bond acceptors (Lipinski definition) is 5. The maximum absolute atomic E-state index is 12.9. The fourth-order valence-electron chi connectivity index (χ4n) is 3.19. The summed E-state index contributed by atoms with van der Waals surface area (Å²) in [4.78, 5) is 12.9. The summed E-state index contributed by atoms with van der Waals surface area (Å²) in [6.07, 6.45) is 0.852. The van der Waals surface area contributed by atoms with Crippen LogP contribution in [0.1, 0.15) is 13.3 Å². The van der Waals surface area contributed by atoms with Crippen molar-refractivity contribution in [2.45, 2.75) is 25.5 Å². The van der Waals surface area contributed by atoms with E-state index in [4.69, 9.17) is 32.7 Å². The van der Waals surface area contributed by atoms with E-state index < -0.39 is 28.1 Å². The number of amides is 1. The number of halogens is 2. The molecular weight excluding hydrogens is 451 g/mol. The van der Waals surface area contributed by atoms with Crippen LogP contribution in [0.25, 0.3) is 0 Å². The fourth-order valence-corrected chi connectivity index (χ4v) is 4.83. The van der Waals surface area contributed by atoms with Gasteiger partial charge in [-0.2, -0.15) is 0 Å². The first-order chi connectivity index (χ1) is 14.2. The molecule has 30 heavy (non-hydrogen) atoms. The summed E-state index contributed by atoms with van der Waals surface area (Å²) in [5.41, 5.74) is 0.153. The first-order valence-electron chi connectivity index (χ1n) is 9.31. The van der Waals surface area contributed by atoms with Crippen LogP contribution in [0, 0.1) is 0 Å². The minimum Gasteiger partial charge on any atom is -0.486 e. The summed E-state index contributed by atoms with van der Waals surface area (Å²) in [5.74, 6) is 0.769. The Hall–Kier alpha value is -2.16. The Morgan fingerprint density at radius 3 is 2.60 bits per heavy atom. The van der Waals surface area contributed by atoms with Crippen molar-refractivity contribution >= 4 is 44.8 Å². The molecule has 0 fully saturated rings. The zero-order valence-electron chi connectivity index (χ0n) is 16.5. The van der Waals surface area contributed by atoms with E-state index in [0.29, 0.717) is 16.5 Å². The van der Waals surface area contributed by atoms with E-state index in [0.717, 1.165) is 10.6 Å². The van der Waals surface area contributed by atoms with Crippen molar-refractivity contribution in [3.63, 3.8) is 0 Å². The number of para-hydroxylation sites is 2. The number of hydrogen-bond donors (Lipinski definition) is 1. The van der Waals surface area contributed by atoms with E-state index >= 15 is 0 Å². The molecule has 1 aliphatic heterocycles. The summed E-state index contributed by atoms with van der Waals surface area (Å²) in [7, 11) is -3.82. The quantitative estimate of drug-likeness (QED) is 0.666. The lowest BCUT2D eigenvalue weighted by Crippen LogP contribution is -2.51. The molecule has 7 nitrogen and oxygen atoms in total. The molecule has 2 aromatic rings.